The fraction of sp³-hybridized carbons (Fsp3) is 0.0909. The van der Waals surface area contributed by atoms with Crippen molar-refractivity contribution in [2.45, 2.75) is 6.61 Å². The van der Waals surface area contributed by atoms with E-state index in [0.717, 1.165) is 16.9 Å². The van der Waals surface area contributed by atoms with E-state index in [0.29, 0.717) is 29.1 Å². The predicted octanol–water partition coefficient (Wildman–Crippen LogP) is 4.18. The molecule has 0 aliphatic carbocycles. The van der Waals surface area contributed by atoms with E-state index in [1.807, 2.05) is 66.7 Å². The predicted molar refractivity (Wildman–Crippen MR) is 105 cm³/mol. The van der Waals surface area contributed by atoms with Crippen LogP contribution in [0.15, 0.2) is 77.6 Å². The van der Waals surface area contributed by atoms with Crippen molar-refractivity contribution in [2.75, 3.05) is 7.11 Å². The number of para-hydroxylation sites is 2. The van der Waals surface area contributed by atoms with E-state index >= 15 is 0 Å². The zero-order valence-corrected chi connectivity index (χ0v) is 14.8. The van der Waals surface area contributed by atoms with Gasteiger partial charge in [0.25, 0.3) is 5.56 Å². The summed E-state index contributed by atoms with van der Waals surface area (Å²) >= 11 is 0. The second-order valence-corrected chi connectivity index (χ2v) is 6.07. The Balaban J connectivity index is 1.68. The van der Waals surface area contributed by atoms with Crippen LogP contribution in [0.5, 0.6) is 11.5 Å². The first-order chi connectivity index (χ1) is 13.2. The van der Waals surface area contributed by atoms with E-state index < -0.39 is 0 Å². The first kappa shape index (κ1) is 16.8. The number of nitrogens with zero attached hydrogens (tertiary/aromatic N) is 1. The lowest BCUT2D eigenvalue weighted by Gasteiger charge is -2.12. The summed E-state index contributed by atoms with van der Waals surface area (Å²) in [4.78, 5) is 19.8. The molecule has 0 saturated carbocycles. The van der Waals surface area contributed by atoms with Gasteiger partial charge in [-0.25, -0.2) is 4.98 Å². The van der Waals surface area contributed by atoms with Crippen molar-refractivity contribution in [2.24, 2.45) is 0 Å². The van der Waals surface area contributed by atoms with Gasteiger partial charge >= 0.3 is 0 Å². The fourth-order valence-corrected chi connectivity index (χ4v) is 2.93. The second kappa shape index (κ2) is 7.33. The lowest BCUT2D eigenvalue weighted by molar-refractivity contribution is 0.306. The monoisotopic (exact) mass is 358 g/mol. The Hall–Kier alpha value is -3.60. The van der Waals surface area contributed by atoms with Crippen LogP contribution < -0.4 is 15.0 Å². The maximum Gasteiger partial charge on any atom is 0.259 e. The molecule has 0 fully saturated rings. The first-order valence-electron chi connectivity index (χ1n) is 8.59. The summed E-state index contributed by atoms with van der Waals surface area (Å²) in [6.45, 7) is 0.381. The van der Waals surface area contributed by atoms with E-state index in [4.69, 9.17) is 9.47 Å². The zero-order valence-electron chi connectivity index (χ0n) is 14.8. The number of hydrogen-bond acceptors (Lipinski definition) is 4. The van der Waals surface area contributed by atoms with Gasteiger partial charge in [-0.1, -0.05) is 36.4 Å². The van der Waals surface area contributed by atoms with Crippen LogP contribution in [0.4, 0.5) is 0 Å². The Kier molecular flexibility index (Phi) is 4.58. The van der Waals surface area contributed by atoms with Crippen molar-refractivity contribution in [3.63, 3.8) is 0 Å². The van der Waals surface area contributed by atoms with Gasteiger partial charge in [-0.3, -0.25) is 4.79 Å². The van der Waals surface area contributed by atoms with Gasteiger partial charge in [0.2, 0.25) is 0 Å². The van der Waals surface area contributed by atoms with Crippen LogP contribution in [0.3, 0.4) is 0 Å². The highest BCUT2D eigenvalue weighted by atomic mass is 16.5. The number of fused-ring (bicyclic) bond motifs is 1. The summed E-state index contributed by atoms with van der Waals surface area (Å²) in [5.74, 6) is 1.92. The summed E-state index contributed by atoms with van der Waals surface area (Å²) in [6.07, 6.45) is 0. The molecule has 5 nitrogen and oxygen atoms in total. The smallest absolute Gasteiger partial charge is 0.259 e. The molecule has 1 aromatic heterocycles. The molecule has 1 N–H and O–H groups in total. The van der Waals surface area contributed by atoms with E-state index in [2.05, 4.69) is 9.97 Å². The van der Waals surface area contributed by atoms with Crippen LogP contribution in [0, 0.1) is 0 Å². The number of hydrogen-bond donors (Lipinski definition) is 1. The van der Waals surface area contributed by atoms with Crippen molar-refractivity contribution in [1.82, 2.24) is 9.97 Å². The molecule has 0 radical (unpaired) electrons. The number of aromatic nitrogens is 2. The van der Waals surface area contributed by atoms with Gasteiger partial charge in [0.1, 0.15) is 23.9 Å². The molecule has 0 aliphatic rings. The molecular formula is C22H18N2O3. The number of benzene rings is 3. The quantitative estimate of drug-likeness (QED) is 0.581. The third-order valence-corrected chi connectivity index (χ3v) is 4.28. The summed E-state index contributed by atoms with van der Waals surface area (Å²) < 4.78 is 11.3. The summed E-state index contributed by atoms with van der Waals surface area (Å²) in [5, 5.41) is 0.566. The van der Waals surface area contributed by atoms with E-state index in [1.54, 1.807) is 13.2 Å². The Morgan fingerprint density at radius 2 is 1.78 bits per heavy atom. The highest BCUT2D eigenvalue weighted by Gasteiger charge is 2.11. The molecular weight excluding hydrogens is 340 g/mol. The molecule has 0 spiro atoms. The van der Waals surface area contributed by atoms with Crippen molar-refractivity contribution in [3.8, 4) is 22.9 Å². The highest BCUT2D eigenvalue weighted by molar-refractivity contribution is 5.80. The SMILES string of the molecule is COc1cccc(COc2ccccc2-c2nc3ccccc3c(=O)[nH]2)c1. The topological polar surface area (TPSA) is 64.2 Å². The van der Waals surface area contributed by atoms with Crippen LogP contribution in [-0.2, 0) is 6.61 Å². The van der Waals surface area contributed by atoms with Gasteiger partial charge in [-0.2, -0.15) is 0 Å². The lowest BCUT2D eigenvalue weighted by Crippen LogP contribution is -2.10. The minimum absolute atomic E-state index is 0.168. The van der Waals surface area contributed by atoms with Gasteiger partial charge in [-0.15, -0.1) is 0 Å². The van der Waals surface area contributed by atoms with Crippen LogP contribution in [0.2, 0.25) is 0 Å². The van der Waals surface area contributed by atoms with Gasteiger partial charge in [0.05, 0.1) is 23.6 Å². The molecule has 4 rings (SSSR count). The number of rotatable bonds is 5. The minimum Gasteiger partial charge on any atom is -0.497 e. The lowest BCUT2D eigenvalue weighted by atomic mass is 10.1. The van der Waals surface area contributed by atoms with E-state index in [1.165, 1.54) is 0 Å². The molecule has 0 saturated heterocycles. The molecule has 27 heavy (non-hydrogen) atoms. The van der Waals surface area contributed by atoms with Crippen molar-refractivity contribution >= 4 is 10.9 Å². The third kappa shape index (κ3) is 3.53. The number of H-pyrrole nitrogens is 1. The molecule has 0 aliphatic heterocycles. The highest BCUT2D eigenvalue weighted by Crippen LogP contribution is 2.28. The number of aromatic amines is 1. The van der Waals surface area contributed by atoms with Crippen molar-refractivity contribution < 1.29 is 9.47 Å². The summed E-state index contributed by atoms with van der Waals surface area (Å²) in [7, 11) is 1.64. The van der Waals surface area contributed by atoms with Gasteiger partial charge in [0, 0.05) is 0 Å². The van der Waals surface area contributed by atoms with Gasteiger partial charge in [0.15, 0.2) is 0 Å². The normalized spacial score (nSPS) is 10.7. The average Bonchev–Trinajstić information content (AvgIpc) is 2.72. The maximum atomic E-state index is 12.4. The Morgan fingerprint density at radius 3 is 2.67 bits per heavy atom. The number of ether oxygens (including phenoxy) is 2. The Bertz CT molecular complexity index is 1150. The Morgan fingerprint density at radius 1 is 0.963 bits per heavy atom. The molecule has 134 valence electrons. The van der Waals surface area contributed by atoms with Gasteiger partial charge < -0.3 is 14.5 Å². The standard InChI is InChI=1S/C22H18N2O3/c1-26-16-8-6-7-15(13-16)14-27-20-12-5-3-10-18(20)21-23-19-11-4-2-9-17(19)22(25)24-21/h2-13H,14H2,1H3,(H,23,24,25). The minimum atomic E-state index is -0.168. The number of methoxy groups -OCH3 is 1. The largest absolute Gasteiger partial charge is 0.497 e. The second-order valence-electron chi connectivity index (χ2n) is 6.07. The molecule has 5 heteroatoms. The van der Waals surface area contributed by atoms with Crippen LogP contribution in [-0.4, -0.2) is 17.1 Å². The summed E-state index contributed by atoms with van der Waals surface area (Å²) in [6, 6.07) is 22.5. The van der Waals surface area contributed by atoms with Crippen molar-refractivity contribution in [3.05, 3.63) is 88.7 Å². The fourth-order valence-electron chi connectivity index (χ4n) is 2.93. The molecule has 0 bridgehead atoms. The molecule has 0 atom stereocenters. The third-order valence-electron chi connectivity index (χ3n) is 4.28. The van der Waals surface area contributed by atoms with Crippen LogP contribution >= 0.6 is 0 Å². The molecule has 0 unspecified atom stereocenters. The maximum absolute atomic E-state index is 12.4. The Labute approximate surface area is 156 Å². The van der Waals surface area contributed by atoms with E-state index in [-0.39, 0.29) is 5.56 Å². The molecule has 1 heterocycles. The molecule has 3 aromatic carbocycles. The number of nitrogens with one attached hydrogen (secondary N) is 1. The zero-order chi connectivity index (χ0) is 18.6. The van der Waals surface area contributed by atoms with Crippen molar-refractivity contribution in [1.29, 1.82) is 0 Å². The molecule has 0 amide bonds. The molecule has 4 aromatic rings. The van der Waals surface area contributed by atoms with Crippen LogP contribution in [0.1, 0.15) is 5.56 Å². The van der Waals surface area contributed by atoms with Gasteiger partial charge in [-0.05, 0) is 42.0 Å². The van der Waals surface area contributed by atoms with E-state index in [9.17, 15) is 4.79 Å². The first-order valence-corrected chi connectivity index (χ1v) is 8.59. The summed E-state index contributed by atoms with van der Waals surface area (Å²) in [5.41, 5.74) is 2.21. The van der Waals surface area contributed by atoms with Crippen LogP contribution in [0.25, 0.3) is 22.3 Å². The average molecular weight is 358 g/mol.